The summed E-state index contributed by atoms with van der Waals surface area (Å²) in [6.45, 7) is 6.28. The Bertz CT molecular complexity index is 637. The van der Waals surface area contributed by atoms with Crippen LogP contribution in [-0.2, 0) is 18.4 Å². The molecule has 1 aromatic rings. The van der Waals surface area contributed by atoms with Crippen molar-refractivity contribution in [2.45, 2.75) is 51.5 Å². The fourth-order valence-electron chi connectivity index (χ4n) is 5.00. The summed E-state index contributed by atoms with van der Waals surface area (Å²) < 4.78 is 19.3. The molecule has 0 amide bonds. The molecule has 1 aliphatic carbocycles. The highest BCUT2D eigenvalue weighted by atomic mass is 19.1. The number of hydrogen-bond donors (Lipinski definition) is 1. The molecule has 3 nitrogen and oxygen atoms in total. The summed E-state index contributed by atoms with van der Waals surface area (Å²) in [4.78, 5) is 2.31. The first-order valence-electron chi connectivity index (χ1n) is 8.70. The van der Waals surface area contributed by atoms with Crippen LogP contribution in [-0.4, -0.2) is 36.5 Å². The average molecular weight is 319 g/mol. The lowest BCUT2D eigenvalue weighted by molar-refractivity contribution is -0.123. The van der Waals surface area contributed by atoms with Gasteiger partial charge in [0.15, 0.2) is 0 Å². The standard InChI is InChI=1S/C19H26FNO2/c1-18(2)11-13-5-4-12-10-15(20)23-17(12)16(13)19(18,22)14-6-8-21(3)9-7-14/h4-5,14-15,22H,6-11H2,1-3H3. The van der Waals surface area contributed by atoms with Gasteiger partial charge in [0.05, 0.1) is 0 Å². The Kier molecular flexibility index (Phi) is 3.30. The average Bonchev–Trinajstić information content (AvgIpc) is 2.95. The maximum absolute atomic E-state index is 13.8. The number of hydrogen-bond acceptors (Lipinski definition) is 3. The lowest BCUT2D eigenvalue weighted by Gasteiger charge is -2.46. The Morgan fingerprint density at radius 3 is 2.57 bits per heavy atom. The van der Waals surface area contributed by atoms with Crippen molar-refractivity contribution < 1.29 is 14.2 Å². The minimum Gasteiger partial charge on any atom is -0.459 e. The van der Waals surface area contributed by atoms with E-state index in [9.17, 15) is 9.50 Å². The first kappa shape index (κ1) is 15.4. The van der Waals surface area contributed by atoms with Gasteiger partial charge in [0, 0.05) is 23.0 Å². The zero-order valence-electron chi connectivity index (χ0n) is 14.2. The Hall–Kier alpha value is -1.13. The topological polar surface area (TPSA) is 32.7 Å². The minimum absolute atomic E-state index is 0.198. The molecular formula is C19H26FNO2. The Morgan fingerprint density at radius 2 is 1.87 bits per heavy atom. The first-order valence-corrected chi connectivity index (χ1v) is 8.70. The normalized spacial score (nSPS) is 33.3. The highest BCUT2D eigenvalue weighted by molar-refractivity contribution is 5.56. The molecule has 2 heterocycles. The van der Waals surface area contributed by atoms with E-state index >= 15 is 0 Å². The molecule has 4 rings (SSSR count). The van der Waals surface area contributed by atoms with E-state index in [2.05, 4.69) is 31.9 Å². The molecular weight excluding hydrogens is 293 g/mol. The molecule has 3 aliphatic rings. The van der Waals surface area contributed by atoms with Crippen molar-refractivity contribution in [1.82, 2.24) is 4.90 Å². The van der Waals surface area contributed by atoms with Gasteiger partial charge in [-0.2, -0.15) is 0 Å². The summed E-state index contributed by atoms with van der Waals surface area (Å²) in [5.74, 6) is 0.825. The Morgan fingerprint density at radius 1 is 1.22 bits per heavy atom. The maximum atomic E-state index is 13.8. The zero-order valence-corrected chi connectivity index (χ0v) is 14.2. The predicted molar refractivity (Wildman–Crippen MR) is 87.3 cm³/mol. The molecule has 126 valence electrons. The van der Waals surface area contributed by atoms with Gasteiger partial charge < -0.3 is 14.7 Å². The number of nitrogens with zero attached hydrogens (tertiary/aromatic N) is 1. The van der Waals surface area contributed by atoms with Crippen LogP contribution in [0.25, 0.3) is 0 Å². The molecule has 23 heavy (non-hydrogen) atoms. The van der Waals surface area contributed by atoms with E-state index in [4.69, 9.17) is 4.74 Å². The van der Waals surface area contributed by atoms with Crippen LogP contribution in [0.1, 0.15) is 43.4 Å². The quantitative estimate of drug-likeness (QED) is 0.864. The molecule has 1 saturated heterocycles. The van der Waals surface area contributed by atoms with Gasteiger partial charge in [-0.1, -0.05) is 26.0 Å². The van der Waals surface area contributed by atoms with Crippen LogP contribution in [0.15, 0.2) is 12.1 Å². The lowest BCUT2D eigenvalue weighted by Crippen LogP contribution is -2.49. The number of alkyl halides is 1. The van der Waals surface area contributed by atoms with Gasteiger partial charge in [-0.25, -0.2) is 4.39 Å². The number of likely N-dealkylation sites (tertiary alicyclic amines) is 1. The van der Waals surface area contributed by atoms with Crippen molar-refractivity contribution in [3.63, 3.8) is 0 Å². The van der Waals surface area contributed by atoms with Crippen LogP contribution in [0.3, 0.4) is 0 Å². The van der Waals surface area contributed by atoms with E-state index in [1.54, 1.807) is 0 Å². The summed E-state index contributed by atoms with van der Waals surface area (Å²) in [7, 11) is 2.13. The predicted octanol–water partition coefficient (Wildman–Crippen LogP) is 3.03. The summed E-state index contributed by atoms with van der Waals surface area (Å²) in [5.41, 5.74) is 1.72. The lowest BCUT2D eigenvalue weighted by atomic mass is 9.65. The monoisotopic (exact) mass is 319 g/mol. The van der Waals surface area contributed by atoms with E-state index in [1.807, 2.05) is 6.07 Å². The van der Waals surface area contributed by atoms with Gasteiger partial charge in [-0.3, -0.25) is 0 Å². The molecule has 4 heteroatoms. The van der Waals surface area contributed by atoms with Gasteiger partial charge >= 0.3 is 0 Å². The third-order valence-electron chi connectivity index (χ3n) is 6.31. The van der Waals surface area contributed by atoms with Crippen molar-refractivity contribution in [1.29, 1.82) is 0 Å². The number of rotatable bonds is 1. The molecule has 2 atom stereocenters. The maximum Gasteiger partial charge on any atom is 0.242 e. The summed E-state index contributed by atoms with van der Waals surface area (Å²) in [6.07, 6.45) is 1.78. The third kappa shape index (κ3) is 2.07. The van der Waals surface area contributed by atoms with Gasteiger partial charge in [0.2, 0.25) is 6.36 Å². The van der Waals surface area contributed by atoms with Crippen LogP contribution in [0.4, 0.5) is 4.39 Å². The molecule has 1 N–H and O–H groups in total. The molecule has 2 aliphatic heterocycles. The number of aliphatic hydroxyl groups is 1. The smallest absolute Gasteiger partial charge is 0.242 e. The SMILES string of the molecule is CN1CCC(C2(O)c3c(ccc4c3OC(F)C4)CC2(C)C)CC1. The van der Waals surface area contributed by atoms with E-state index in [1.165, 1.54) is 0 Å². The molecule has 1 aromatic carbocycles. The molecule has 0 spiro atoms. The van der Waals surface area contributed by atoms with Crippen molar-refractivity contribution in [2.24, 2.45) is 11.3 Å². The number of ether oxygens (including phenoxy) is 1. The minimum atomic E-state index is -1.28. The Labute approximate surface area is 137 Å². The zero-order chi connectivity index (χ0) is 16.4. The number of halogens is 1. The second kappa shape index (κ2) is 4.93. The fraction of sp³-hybridized carbons (Fsp3) is 0.684. The van der Waals surface area contributed by atoms with Crippen molar-refractivity contribution in [2.75, 3.05) is 20.1 Å². The third-order valence-corrected chi connectivity index (χ3v) is 6.31. The van der Waals surface area contributed by atoms with E-state index < -0.39 is 12.0 Å². The van der Waals surface area contributed by atoms with E-state index in [-0.39, 0.29) is 11.3 Å². The van der Waals surface area contributed by atoms with Crippen LogP contribution >= 0.6 is 0 Å². The molecule has 0 radical (unpaired) electrons. The van der Waals surface area contributed by atoms with E-state index in [0.29, 0.717) is 12.2 Å². The van der Waals surface area contributed by atoms with E-state index in [0.717, 1.165) is 49.0 Å². The second-order valence-electron chi connectivity index (χ2n) is 8.22. The first-order chi connectivity index (χ1) is 10.8. The Balaban J connectivity index is 1.83. The largest absolute Gasteiger partial charge is 0.459 e. The number of piperidine rings is 1. The molecule has 0 saturated carbocycles. The summed E-state index contributed by atoms with van der Waals surface area (Å²) in [5, 5.41) is 11.9. The molecule has 2 unspecified atom stereocenters. The molecule has 0 bridgehead atoms. The van der Waals surface area contributed by atoms with Crippen molar-refractivity contribution in [3.8, 4) is 5.75 Å². The van der Waals surface area contributed by atoms with Crippen molar-refractivity contribution >= 4 is 0 Å². The van der Waals surface area contributed by atoms with Gasteiger partial charge in [-0.15, -0.1) is 0 Å². The van der Waals surface area contributed by atoms with Gasteiger partial charge in [-0.05, 0) is 50.9 Å². The van der Waals surface area contributed by atoms with Crippen LogP contribution in [0.2, 0.25) is 0 Å². The second-order valence-corrected chi connectivity index (χ2v) is 8.22. The molecule has 1 fully saturated rings. The summed E-state index contributed by atoms with van der Waals surface area (Å²) in [6, 6.07) is 4.05. The van der Waals surface area contributed by atoms with Gasteiger partial charge in [0.25, 0.3) is 0 Å². The van der Waals surface area contributed by atoms with Crippen LogP contribution in [0, 0.1) is 11.3 Å². The van der Waals surface area contributed by atoms with Crippen molar-refractivity contribution in [3.05, 3.63) is 28.8 Å². The molecule has 0 aromatic heterocycles. The highest BCUT2D eigenvalue weighted by Crippen LogP contribution is 2.60. The number of fused-ring (bicyclic) bond motifs is 3. The van der Waals surface area contributed by atoms with Crippen LogP contribution < -0.4 is 4.74 Å². The number of benzene rings is 1. The highest BCUT2D eigenvalue weighted by Gasteiger charge is 2.58. The van der Waals surface area contributed by atoms with Gasteiger partial charge in [0.1, 0.15) is 11.4 Å². The van der Waals surface area contributed by atoms with Crippen LogP contribution in [0.5, 0.6) is 5.75 Å². The summed E-state index contributed by atoms with van der Waals surface area (Å²) >= 11 is 0. The fourth-order valence-corrected chi connectivity index (χ4v) is 5.00.